The van der Waals surface area contributed by atoms with E-state index in [0.29, 0.717) is 6.04 Å². The molecule has 0 aromatic heterocycles. The van der Waals surface area contributed by atoms with Gasteiger partial charge in [0.1, 0.15) is 0 Å². The number of piperidine rings is 1. The van der Waals surface area contributed by atoms with Gasteiger partial charge >= 0.3 is 0 Å². The van der Waals surface area contributed by atoms with Gasteiger partial charge in [-0.05, 0) is 38.0 Å². The van der Waals surface area contributed by atoms with Crippen LogP contribution in [0.4, 0.5) is 0 Å². The summed E-state index contributed by atoms with van der Waals surface area (Å²) in [5.41, 5.74) is 0. The Labute approximate surface area is 116 Å². The lowest BCUT2D eigenvalue weighted by molar-refractivity contribution is -0.136. The fraction of sp³-hybridized carbons (Fsp3) is 0.933. The van der Waals surface area contributed by atoms with E-state index in [1.807, 2.05) is 4.90 Å². The molecule has 1 unspecified atom stereocenters. The van der Waals surface area contributed by atoms with E-state index in [2.05, 4.69) is 19.2 Å². The molecule has 1 aliphatic carbocycles. The maximum absolute atomic E-state index is 12.3. The molecule has 0 aromatic carbocycles. The van der Waals surface area contributed by atoms with Crippen molar-refractivity contribution in [2.45, 2.75) is 58.0 Å². The molecule has 0 spiro atoms. The van der Waals surface area contributed by atoms with Crippen molar-refractivity contribution in [2.24, 2.45) is 5.92 Å². The lowest BCUT2D eigenvalue weighted by Crippen LogP contribution is -2.52. The first kappa shape index (κ1) is 14.8. The number of nitrogens with one attached hydrogen (secondary N) is 1. The molecule has 1 aliphatic heterocycles. The summed E-state index contributed by atoms with van der Waals surface area (Å²) in [6.45, 7) is 7.67. The summed E-state index contributed by atoms with van der Waals surface area (Å²) in [7, 11) is 0. The average molecular weight is 268 g/mol. The third-order valence-electron chi connectivity index (χ3n) is 3.83. The molecule has 2 rings (SSSR count). The molecule has 1 heterocycles. The quantitative estimate of drug-likeness (QED) is 0.682. The first-order chi connectivity index (χ1) is 9.16. The van der Waals surface area contributed by atoms with Crippen LogP contribution in [0.2, 0.25) is 0 Å². The molecular formula is C15H28N2O2. The Hall–Kier alpha value is -0.610. The van der Waals surface area contributed by atoms with E-state index in [4.69, 9.17) is 4.74 Å². The zero-order chi connectivity index (χ0) is 13.7. The van der Waals surface area contributed by atoms with Gasteiger partial charge in [0, 0.05) is 32.3 Å². The van der Waals surface area contributed by atoms with Crippen molar-refractivity contribution in [1.82, 2.24) is 10.2 Å². The molecule has 2 aliphatic rings. The van der Waals surface area contributed by atoms with Gasteiger partial charge in [0.25, 0.3) is 0 Å². The first-order valence-corrected chi connectivity index (χ1v) is 7.79. The minimum absolute atomic E-state index is 0.0288. The Morgan fingerprint density at radius 1 is 1.37 bits per heavy atom. The van der Waals surface area contributed by atoms with Gasteiger partial charge in [-0.2, -0.15) is 0 Å². The van der Waals surface area contributed by atoms with Gasteiger partial charge in [-0.1, -0.05) is 13.8 Å². The Bertz CT molecular complexity index is 290. The molecule has 110 valence electrons. The van der Waals surface area contributed by atoms with Crippen molar-refractivity contribution in [3.8, 4) is 0 Å². The van der Waals surface area contributed by atoms with Crippen LogP contribution in [0.3, 0.4) is 0 Å². The third kappa shape index (κ3) is 5.11. The van der Waals surface area contributed by atoms with E-state index in [1.165, 1.54) is 12.8 Å². The lowest BCUT2D eigenvalue weighted by Gasteiger charge is -2.33. The highest BCUT2D eigenvalue weighted by atomic mass is 16.5. The van der Waals surface area contributed by atoms with Gasteiger partial charge in [-0.15, -0.1) is 0 Å². The van der Waals surface area contributed by atoms with Gasteiger partial charge in [0.2, 0.25) is 5.91 Å². The summed E-state index contributed by atoms with van der Waals surface area (Å²) in [6, 6.07) is 0.400. The predicted molar refractivity (Wildman–Crippen MR) is 76.0 cm³/mol. The summed E-state index contributed by atoms with van der Waals surface area (Å²) >= 11 is 0. The first-order valence-electron chi connectivity index (χ1n) is 7.79. The second-order valence-corrected chi connectivity index (χ2v) is 6.21. The van der Waals surface area contributed by atoms with Crippen molar-refractivity contribution in [2.75, 3.05) is 26.3 Å². The van der Waals surface area contributed by atoms with E-state index < -0.39 is 0 Å². The van der Waals surface area contributed by atoms with E-state index in [0.717, 1.165) is 51.5 Å². The molecule has 1 atom stereocenters. The number of hydrogen-bond acceptors (Lipinski definition) is 3. The van der Waals surface area contributed by atoms with Crippen LogP contribution in [0.15, 0.2) is 0 Å². The number of hydrogen-bond donors (Lipinski definition) is 1. The van der Waals surface area contributed by atoms with Crippen molar-refractivity contribution in [3.05, 3.63) is 0 Å². The third-order valence-corrected chi connectivity index (χ3v) is 3.83. The van der Waals surface area contributed by atoms with Crippen LogP contribution in [-0.4, -0.2) is 49.2 Å². The maximum atomic E-state index is 12.3. The Kier molecular flexibility index (Phi) is 5.64. The Morgan fingerprint density at radius 3 is 2.84 bits per heavy atom. The summed E-state index contributed by atoms with van der Waals surface area (Å²) in [5.74, 6) is 1.11. The number of amides is 1. The fourth-order valence-corrected chi connectivity index (χ4v) is 2.61. The zero-order valence-corrected chi connectivity index (χ0v) is 12.4. The summed E-state index contributed by atoms with van der Waals surface area (Å²) in [4.78, 5) is 14.3. The minimum atomic E-state index is 0.0288. The average Bonchev–Trinajstić information content (AvgIpc) is 3.16. The highest BCUT2D eigenvalue weighted by Gasteiger charge is 2.28. The van der Waals surface area contributed by atoms with E-state index in [1.54, 1.807) is 0 Å². The fourth-order valence-electron chi connectivity index (χ4n) is 2.61. The van der Waals surface area contributed by atoms with Crippen molar-refractivity contribution in [1.29, 1.82) is 0 Å². The van der Waals surface area contributed by atoms with E-state index in [9.17, 15) is 4.79 Å². The smallest absolute Gasteiger partial charge is 0.239 e. The molecule has 2 fully saturated rings. The molecule has 1 saturated carbocycles. The Balaban J connectivity index is 1.62. The van der Waals surface area contributed by atoms with Crippen molar-refractivity contribution in [3.63, 3.8) is 0 Å². The summed E-state index contributed by atoms with van der Waals surface area (Å²) in [5, 5.41) is 3.36. The molecule has 4 heteroatoms. The van der Waals surface area contributed by atoms with Crippen LogP contribution in [-0.2, 0) is 9.53 Å². The van der Waals surface area contributed by atoms with Crippen LogP contribution < -0.4 is 5.32 Å². The highest BCUT2D eigenvalue weighted by Crippen LogP contribution is 2.28. The number of rotatable bonds is 8. The molecule has 19 heavy (non-hydrogen) atoms. The van der Waals surface area contributed by atoms with Gasteiger partial charge in [-0.25, -0.2) is 0 Å². The van der Waals surface area contributed by atoms with Crippen LogP contribution in [0.5, 0.6) is 0 Å². The number of nitrogens with zero attached hydrogens (tertiary/aromatic N) is 1. The highest BCUT2D eigenvalue weighted by molar-refractivity contribution is 5.82. The molecule has 0 bridgehead atoms. The molecule has 1 N–H and O–H groups in total. The largest absolute Gasteiger partial charge is 0.381 e. The number of carbonyl (C=O) groups excluding carboxylic acids is 1. The maximum Gasteiger partial charge on any atom is 0.239 e. The van der Waals surface area contributed by atoms with Crippen molar-refractivity contribution < 1.29 is 9.53 Å². The van der Waals surface area contributed by atoms with Crippen molar-refractivity contribution >= 4 is 5.91 Å². The predicted octanol–water partition coefficient (Wildman–Crippen LogP) is 1.79. The normalized spacial score (nSPS) is 24.3. The molecule has 0 radical (unpaired) electrons. The Morgan fingerprint density at radius 2 is 2.16 bits per heavy atom. The molecule has 1 saturated heterocycles. The standard InChI is InChI=1S/C15H28N2O2/c1-12(2)16-14-5-3-8-17(15(14)18)9-4-10-19-11-13-6-7-13/h12-14,16H,3-11H2,1-2H3. The second kappa shape index (κ2) is 7.25. The number of ether oxygens (including phenoxy) is 1. The SMILES string of the molecule is CC(C)NC1CCCN(CCCOCC2CC2)C1=O. The topological polar surface area (TPSA) is 41.6 Å². The van der Waals surface area contributed by atoms with Crippen LogP contribution >= 0.6 is 0 Å². The molecular weight excluding hydrogens is 240 g/mol. The number of likely N-dealkylation sites (tertiary alicyclic amines) is 1. The van der Waals surface area contributed by atoms with Gasteiger partial charge in [0.05, 0.1) is 6.04 Å². The molecule has 1 amide bonds. The minimum Gasteiger partial charge on any atom is -0.381 e. The van der Waals surface area contributed by atoms with Crippen LogP contribution in [0.25, 0.3) is 0 Å². The second-order valence-electron chi connectivity index (χ2n) is 6.21. The summed E-state index contributed by atoms with van der Waals surface area (Å²) < 4.78 is 5.62. The molecule has 4 nitrogen and oxygen atoms in total. The zero-order valence-electron chi connectivity index (χ0n) is 12.4. The van der Waals surface area contributed by atoms with Crippen LogP contribution in [0.1, 0.15) is 46.0 Å². The van der Waals surface area contributed by atoms with E-state index >= 15 is 0 Å². The van der Waals surface area contributed by atoms with Gasteiger partial charge in [0.15, 0.2) is 0 Å². The van der Waals surface area contributed by atoms with Crippen LogP contribution in [0, 0.1) is 5.92 Å². The summed E-state index contributed by atoms with van der Waals surface area (Å²) in [6.07, 6.45) is 5.73. The van der Waals surface area contributed by atoms with Gasteiger partial charge in [-0.3, -0.25) is 4.79 Å². The molecule has 0 aromatic rings. The van der Waals surface area contributed by atoms with Gasteiger partial charge < -0.3 is 15.0 Å². The number of carbonyl (C=O) groups is 1. The lowest BCUT2D eigenvalue weighted by atomic mass is 10.0. The monoisotopic (exact) mass is 268 g/mol. The van der Waals surface area contributed by atoms with E-state index in [-0.39, 0.29) is 11.9 Å².